The smallest absolute Gasteiger partial charge is 0.140 e. The summed E-state index contributed by atoms with van der Waals surface area (Å²) >= 11 is 3.55. The van der Waals surface area contributed by atoms with Gasteiger partial charge in [-0.3, -0.25) is 0 Å². The third-order valence-corrected chi connectivity index (χ3v) is 3.64. The number of rotatable bonds is 0. The van der Waals surface area contributed by atoms with Crippen LogP contribution in [-0.4, -0.2) is 27.9 Å². The van der Waals surface area contributed by atoms with Crippen molar-refractivity contribution in [2.24, 2.45) is 0 Å². The van der Waals surface area contributed by atoms with E-state index in [0.717, 1.165) is 29.6 Å². The fourth-order valence-electron chi connectivity index (χ4n) is 2.36. The highest BCUT2D eigenvalue weighted by Crippen LogP contribution is 2.24. The van der Waals surface area contributed by atoms with Crippen LogP contribution in [0.4, 0.5) is 0 Å². The van der Waals surface area contributed by atoms with Gasteiger partial charge in [-0.1, -0.05) is 0 Å². The Balaban J connectivity index is 2.30. The molecule has 0 unspecified atom stereocenters. The van der Waals surface area contributed by atoms with Gasteiger partial charge in [-0.2, -0.15) is 0 Å². The van der Waals surface area contributed by atoms with Gasteiger partial charge >= 0.3 is 0 Å². The molecule has 2 aromatic rings. The monoisotopic (exact) mass is 279 g/mol. The van der Waals surface area contributed by atoms with Gasteiger partial charge < -0.3 is 9.30 Å². The summed E-state index contributed by atoms with van der Waals surface area (Å²) in [7, 11) is 2.16. The van der Waals surface area contributed by atoms with Crippen LogP contribution in [0, 0.1) is 6.92 Å². The minimum absolute atomic E-state index is 0.992. The molecule has 1 aliphatic heterocycles. The van der Waals surface area contributed by atoms with Crippen LogP contribution in [0.1, 0.15) is 17.0 Å². The predicted molar refractivity (Wildman–Crippen MR) is 67.7 cm³/mol. The summed E-state index contributed by atoms with van der Waals surface area (Å²) < 4.78 is 3.34. The van der Waals surface area contributed by atoms with Crippen LogP contribution < -0.4 is 0 Å². The fourth-order valence-corrected chi connectivity index (χ4v) is 2.91. The molecule has 3 rings (SSSR count). The number of aromatic nitrogens is 2. The highest BCUT2D eigenvalue weighted by atomic mass is 79.9. The molecular weight excluding hydrogens is 266 g/mol. The molecule has 0 radical (unpaired) electrons. The SMILES string of the molecule is Cc1cc(Br)cn2c3c(nc12)CCN(C)C3. The van der Waals surface area contributed by atoms with Crippen LogP contribution >= 0.6 is 15.9 Å². The van der Waals surface area contributed by atoms with Gasteiger partial charge in [0.2, 0.25) is 0 Å². The van der Waals surface area contributed by atoms with Crippen LogP contribution in [0.3, 0.4) is 0 Å². The average molecular weight is 280 g/mol. The lowest BCUT2D eigenvalue weighted by Gasteiger charge is -2.21. The number of aryl methyl sites for hydroxylation is 1. The Morgan fingerprint density at radius 3 is 3.06 bits per heavy atom. The van der Waals surface area contributed by atoms with Crippen molar-refractivity contribution in [1.29, 1.82) is 0 Å². The summed E-state index contributed by atoms with van der Waals surface area (Å²) in [6, 6.07) is 2.12. The number of fused-ring (bicyclic) bond motifs is 3. The number of pyridine rings is 1. The highest BCUT2D eigenvalue weighted by Gasteiger charge is 2.19. The van der Waals surface area contributed by atoms with E-state index in [1.54, 1.807) is 0 Å². The third kappa shape index (κ3) is 1.48. The third-order valence-electron chi connectivity index (χ3n) is 3.20. The maximum absolute atomic E-state index is 4.74. The maximum atomic E-state index is 4.74. The average Bonchev–Trinajstić information content (AvgIpc) is 2.57. The lowest BCUT2D eigenvalue weighted by Crippen LogP contribution is -2.27. The van der Waals surface area contributed by atoms with Gasteiger partial charge in [0.05, 0.1) is 11.4 Å². The molecule has 0 atom stereocenters. The van der Waals surface area contributed by atoms with Crippen molar-refractivity contribution in [1.82, 2.24) is 14.3 Å². The van der Waals surface area contributed by atoms with Crippen molar-refractivity contribution in [3.05, 3.63) is 33.7 Å². The minimum atomic E-state index is 0.992. The molecule has 0 spiro atoms. The van der Waals surface area contributed by atoms with E-state index in [-0.39, 0.29) is 0 Å². The molecule has 0 saturated carbocycles. The first-order chi connectivity index (χ1) is 7.65. The van der Waals surface area contributed by atoms with E-state index in [4.69, 9.17) is 4.98 Å². The first kappa shape index (κ1) is 10.3. The molecule has 0 aliphatic carbocycles. The second-order valence-electron chi connectivity index (χ2n) is 4.53. The van der Waals surface area contributed by atoms with Gasteiger partial charge in [0.25, 0.3) is 0 Å². The second-order valence-corrected chi connectivity index (χ2v) is 5.44. The van der Waals surface area contributed by atoms with Crippen molar-refractivity contribution in [2.75, 3.05) is 13.6 Å². The number of hydrogen-bond donors (Lipinski definition) is 0. The Morgan fingerprint density at radius 1 is 1.44 bits per heavy atom. The van der Waals surface area contributed by atoms with Crippen LogP contribution in [-0.2, 0) is 13.0 Å². The van der Waals surface area contributed by atoms with Crippen LogP contribution in [0.2, 0.25) is 0 Å². The number of imidazole rings is 1. The lowest BCUT2D eigenvalue weighted by atomic mass is 10.1. The minimum Gasteiger partial charge on any atom is -0.301 e. The molecule has 4 heteroatoms. The van der Waals surface area contributed by atoms with Crippen molar-refractivity contribution >= 4 is 21.6 Å². The number of halogens is 1. The quantitative estimate of drug-likeness (QED) is 0.738. The lowest BCUT2D eigenvalue weighted by molar-refractivity contribution is 0.306. The normalized spacial score (nSPS) is 16.7. The van der Waals surface area contributed by atoms with E-state index in [1.807, 2.05) is 0 Å². The van der Waals surface area contributed by atoms with E-state index >= 15 is 0 Å². The Labute approximate surface area is 103 Å². The maximum Gasteiger partial charge on any atom is 0.140 e. The molecule has 0 bridgehead atoms. The molecule has 2 aromatic heterocycles. The number of likely N-dealkylation sites (N-methyl/N-ethyl adjacent to an activating group) is 1. The number of hydrogen-bond acceptors (Lipinski definition) is 2. The first-order valence-corrected chi connectivity index (χ1v) is 6.29. The van der Waals surface area contributed by atoms with Gasteiger partial charge in [0.15, 0.2) is 0 Å². The van der Waals surface area contributed by atoms with E-state index < -0.39 is 0 Å². The summed E-state index contributed by atoms with van der Waals surface area (Å²) in [5, 5.41) is 0. The standard InChI is InChI=1S/C12H14BrN3/c1-8-5-9(13)6-16-11-7-15(2)4-3-10(11)14-12(8)16/h5-6H,3-4,7H2,1-2H3. The van der Waals surface area contributed by atoms with Gasteiger partial charge in [-0.15, -0.1) is 0 Å². The molecule has 84 valence electrons. The van der Waals surface area contributed by atoms with Crippen LogP contribution in [0.15, 0.2) is 16.7 Å². The first-order valence-electron chi connectivity index (χ1n) is 5.49. The van der Waals surface area contributed by atoms with E-state index in [2.05, 4.69) is 51.5 Å². The Kier molecular flexibility index (Phi) is 2.30. The van der Waals surface area contributed by atoms with Crippen molar-refractivity contribution in [3.8, 4) is 0 Å². The summed E-state index contributed by atoms with van der Waals surface area (Å²) in [6.07, 6.45) is 3.18. The summed E-state index contributed by atoms with van der Waals surface area (Å²) in [4.78, 5) is 7.08. The fraction of sp³-hybridized carbons (Fsp3) is 0.417. The van der Waals surface area contributed by atoms with Crippen LogP contribution in [0.25, 0.3) is 5.65 Å². The second kappa shape index (κ2) is 3.57. The molecule has 0 fully saturated rings. The molecule has 16 heavy (non-hydrogen) atoms. The molecule has 0 N–H and O–H groups in total. The van der Waals surface area contributed by atoms with Crippen LogP contribution in [0.5, 0.6) is 0 Å². The van der Waals surface area contributed by atoms with Gasteiger partial charge in [0, 0.05) is 30.2 Å². The topological polar surface area (TPSA) is 20.5 Å². The molecule has 3 nitrogen and oxygen atoms in total. The van der Waals surface area contributed by atoms with E-state index in [0.29, 0.717) is 0 Å². The molecule has 0 saturated heterocycles. The van der Waals surface area contributed by atoms with E-state index in [1.165, 1.54) is 17.0 Å². The van der Waals surface area contributed by atoms with E-state index in [9.17, 15) is 0 Å². The zero-order valence-corrected chi connectivity index (χ0v) is 11.1. The number of nitrogens with zero attached hydrogens (tertiary/aromatic N) is 3. The summed E-state index contributed by atoms with van der Waals surface area (Å²) in [6.45, 7) is 4.21. The zero-order chi connectivity index (χ0) is 11.3. The van der Waals surface area contributed by atoms with Gasteiger partial charge in [0.1, 0.15) is 5.65 Å². The molecule has 3 heterocycles. The molecule has 1 aliphatic rings. The predicted octanol–water partition coefficient (Wildman–Crippen LogP) is 2.39. The Hall–Kier alpha value is -0.870. The largest absolute Gasteiger partial charge is 0.301 e. The summed E-state index contributed by atoms with van der Waals surface area (Å²) in [5.74, 6) is 0. The highest BCUT2D eigenvalue weighted by molar-refractivity contribution is 9.10. The zero-order valence-electron chi connectivity index (χ0n) is 9.50. The molecule has 0 amide bonds. The Bertz CT molecular complexity index is 559. The van der Waals surface area contributed by atoms with Gasteiger partial charge in [-0.05, 0) is 41.5 Å². The van der Waals surface area contributed by atoms with Crippen molar-refractivity contribution < 1.29 is 0 Å². The van der Waals surface area contributed by atoms with Crippen molar-refractivity contribution in [2.45, 2.75) is 19.9 Å². The summed E-state index contributed by atoms with van der Waals surface area (Å²) in [5.41, 5.74) is 4.93. The molecular formula is C12H14BrN3. The van der Waals surface area contributed by atoms with Gasteiger partial charge in [-0.25, -0.2) is 4.98 Å². The van der Waals surface area contributed by atoms with Crippen molar-refractivity contribution in [3.63, 3.8) is 0 Å². The molecule has 0 aromatic carbocycles. The Morgan fingerprint density at radius 2 is 2.25 bits per heavy atom.